The number of carboxylic acid groups (broad SMARTS) is 1. The highest BCUT2D eigenvalue weighted by molar-refractivity contribution is 5.84. The summed E-state index contributed by atoms with van der Waals surface area (Å²) in [7, 11) is 0. The fourth-order valence-electron chi connectivity index (χ4n) is 2.25. The van der Waals surface area contributed by atoms with Gasteiger partial charge in [0.05, 0.1) is 30.6 Å². The SMILES string of the molecule is CC(O)c1cnc(N)cn1.CCCC(NC(=O)Cc1cc(F)cc(F)c1)C(=O)O. The lowest BCUT2D eigenvalue weighted by Gasteiger charge is -2.13. The van der Waals surface area contributed by atoms with Gasteiger partial charge in [0.1, 0.15) is 23.5 Å². The zero-order chi connectivity index (χ0) is 22.0. The number of aliphatic carboxylic acids is 1. The fraction of sp³-hybridized carbons (Fsp3) is 0.368. The number of rotatable bonds is 7. The number of halogens is 2. The van der Waals surface area contributed by atoms with Gasteiger partial charge in [-0.1, -0.05) is 13.3 Å². The van der Waals surface area contributed by atoms with E-state index in [0.717, 1.165) is 12.1 Å². The summed E-state index contributed by atoms with van der Waals surface area (Å²) in [5, 5.41) is 20.2. The molecule has 10 heteroatoms. The van der Waals surface area contributed by atoms with Gasteiger partial charge in [0, 0.05) is 6.07 Å². The molecule has 0 saturated carbocycles. The summed E-state index contributed by atoms with van der Waals surface area (Å²) < 4.78 is 25.8. The van der Waals surface area contributed by atoms with Gasteiger partial charge in [-0.15, -0.1) is 0 Å². The van der Waals surface area contributed by atoms with Crippen molar-refractivity contribution in [2.75, 3.05) is 5.73 Å². The summed E-state index contributed by atoms with van der Waals surface area (Å²) >= 11 is 0. The number of amides is 1. The van der Waals surface area contributed by atoms with E-state index >= 15 is 0 Å². The molecule has 2 rings (SSSR count). The molecule has 1 aromatic carbocycles. The minimum atomic E-state index is -1.12. The van der Waals surface area contributed by atoms with E-state index < -0.39 is 35.7 Å². The molecule has 0 aliphatic rings. The highest BCUT2D eigenvalue weighted by atomic mass is 19.1. The molecule has 0 spiro atoms. The van der Waals surface area contributed by atoms with Crippen molar-refractivity contribution >= 4 is 17.7 Å². The van der Waals surface area contributed by atoms with Crippen molar-refractivity contribution in [3.05, 3.63) is 53.5 Å². The second-order valence-corrected chi connectivity index (χ2v) is 6.24. The number of carbonyl (C=O) groups is 2. The van der Waals surface area contributed by atoms with Gasteiger partial charge in [0.15, 0.2) is 0 Å². The molecule has 2 aromatic rings. The molecular formula is C19H24F2N4O4. The number of carbonyl (C=O) groups excluding carboxylic acids is 1. The number of aliphatic hydroxyl groups is 1. The van der Waals surface area contributed by atoms with Crippen LogP contribution in [0.15, 0.2) is 30.6 Å². The minimum Gasteiger partial charge on any atom is -0.480 e. The molecule has 158 valence electrons. The number of benzene rings is 1. The Morgan fingerprint density at radius 3 is 2.24 bits per heavy atom. The van der Waals surface area contributed by atoms with Gasteiger partial charge in [-0.3, -0.25) is 9.78 Å². The molecule has 8 nitrogen and oxygen atoms in total. The molecule has 2 unspecified atom stereocenters. The van der Waals surface area contributed by atoms with Crippen LogP contribution in [-0.2, 0) is 16.0 Å². The summed E-state index contributed by atoms with van der Waals surface area (Å²) in [6, 6.07) is 1.81. The first-order valence-electron chi connectivity index (χ1n) is 8.85. The zero-order valence-electron chi connectivity index (χ0n) is 16.1. The number of nitrogen functional groups attached to an aromatic ring is 1. The molecule has 1 amide bonds. The molecule has 0 radical (unpaired) electrons. The lowest BCUT2D eigenvalue weighted by atomic mass is 10.1. The van der Waals surface area contributed by atoms with Gasteiger partial charge in [-0.2, -0.15) is 0 Å². The van der Waals surface area contributed by atoms with Crippen molar-refractivity contribution in [2.45, 2.75) is 45.3 Å². The maximum atomic E-state index is 12.9. The normalized spacial score (nSPS) is 12.3. The molecule has 0 fully saturated rings. The topological polar surface area (TPSA) is 138 Å². The number of hydrogen-bond donors (Lipinski definition) is 4. The van der Waals surface area contributed by atoms with Gasteiger partial charge < -0.3 is 21.3 Å². The third kappa shape index (κ3) is 9.06. The molecular weight excluding hydrogens is 386 g/mol. The molecule has 5 N–H and O–H groups in total. The fourth-order valence-corrected chi connectivity index (χ4v) is 2.25. The summed E-state index contributed by atoms with van der Waals surface area (Å²) in [4.78, 5) is 30.1. The van der Waals surface area contributed by atoms with Gasteiger partial charge >= 0.3 is 5.97 Å². The number of nitrogens with two attached hydrogens (primary N) is 1. The predicted molar refractivity (Wildman–Crippen MR) is 102 cm³/mol. The Morgan fingerprint density at radius 1 is 1.17 bits per heavy atom. The lowest BCUT2D eigenvalue weighted by Crippen LogP contribution is -2.41. The maximum absolute atomic E-state index is 12.9. The smallest absolute Gasteiger partial charge is 0.326 e. The van der Waals surface area contributed by atoms with Gasteiger partial charge in [-0.25, -0.2) is 18.6 Å². The van der Waals surface area contributed by atoms with Gasteiger partial charge in [0.2, 0.25) is 5.91 Å². The lowest BCUT2D eigenvalue weighted by molar-refractivity contribution is -0.141. The Bertz CT molecular complexity index is 796. The van der Waals surface area contributed by atoms with Crippen LogP contribution in [0.2, 0.25) is 0 Å². The Kier molecular flexibility index (Phi) is 9.60. The number of nitrogens with one attached hydrogen (secondary N) is 1. The Labute approximate surface area is 166 Å². The number of aliphatic hydroxyl groups excluding tert-OH is 1. The molecule has 29 heavy (non-hydrogen) atoms. The highest BCUT2D eigenvalue weighted by Crippen LogP contribution is 2.09. The van der Waals surface area contributed by atoms with E-state index in [4.69, 9.17) is 15.9 Å². The first-order chi connectivity index (χ1) is 13.6. The average Bonchev–Trinajstić information content (AvgIpc) is 2.61. The molecule has 2 atom stereocenters. The molecule has 0 saturated heterocycles. The van der Waals surface area contributed by atoms with Crippen LogP contribution >= 0.6 is 0 Å². The highest BCUT2D eigenvalue weighted by Gasteiger charge is 2.19. The van der Waals surface area contributed by atoms with Crippen molar-refractivity contribution in [1.82, 2.24) is 15.3 Å². The number of aromatic nitrogens is 2. The molecule has 0 aliphatic carbocycles. The van der Waals surface area contributed by atoms with Crippen molar-refractivity contribution in [2.24, 2.45) is 0 Å². The predicted octanol–water partition coefficient (Wildman–Crippen LogP) is 1.99. The van der Waals surface area contributed by atoms with E-state index in [2.05, 4.69) is 15.3 Å². The van der Waals surface area contributed by atoms with Crippen LogP contribution in [0.4, 0.5) is 14.6 Å². The van der Waals surface area contributed by atoms with E-state index in [1.807, 2.05) is 0 Å². The third-order valence-electron chi connectivity index (χ3n) is 3.62. The van der Waals surface area contributed by atoms with Crippen molar-refractivity contribution in [3.8, 4) is 0 Å². The van der Waals surface area contributed by atoms with Crippen LogP contribution in [0.1, 0.15) is 44.1 Å². The first kappa shape index (κ1) is 23.9. The molecule has 0 bridgehead atoms. The largest absolute Gasteiger partial charge is 0.480 e. The van der Waals surface area contributed by atoms with E-state index in [-0.39, 0.29) is 12.0 Å². The van der Waals surface area contributed by atoms with Crippen LogP contribution in [0.5, 0.6) is 0 Å². The minimum absolute atomic E-state index is 0.163. The number of carboxylic acids is 1. The van der Waals surface area contributed by atoms with Crippen molar-refractivity contribution in [1.29, 1.82) is 0 Å². The van der Waals surface area contributed by atoms with E-state index in [1.54, 1.807) is 13.8 Å². The first-order valence-corrected chi connectivity index (χ1v) is 8.85. The van der Waals surface area contributed by atoms with Crippen LogP contribution in [0.3, 0.4) is 0 Å². The zero-order valence-corrected chi connectivity index (χ0v) is 16.1. The van der Waals surface area contributed by atoms with E-state index in [0.29, 0.717) is 30.4 Å². The number of anilines is 1. The van der Waals surface area contributed by atoms with Crippen LogP contribution in [-0.4, -0.2) is 38.1 Å². The quantitative estimate of drug-likeness (QED) is 0.547. The average molecular weight is 410 g/mol. The molecule has 1 aromatic heterocycles. The van der Waals surface area contributed by atoms with E-state index in [9.17, 15) is 18.4 Å². The number of hydrogen-bond acceptors (Lipinski definition) is 6. The Morgan fingerprint density at radius 2 is 1.79 bits per heavy atom. The van der Waals surface area contributed by atoms with Gasteiger partial charge in [-0.05, 0) is 31.0 Å². The summed E-state index contributed by atoms with van der Waals surface area (Å²) in [6.07, 6.45) is 2.95. The van der Waals surface area contributed by atoms with Crippen molar-refractivity contribution in [3.63, 3.8) is 0 Å². The summed E-state index contributed by atoms with van der Waals surface area (Å²) in [6.45, 7) is 3.42. The van der Waals surface area contributed by atoms with Crippen LogP contribution < -0.4 is 11.1 Å². The van der Waals surface area contributed by atoms with Gasteiger partial charge in [0.25, 0.3) is 0 Å². The standard InChI is InChI=1S/C13H15F2NO3.C6H9N3O/c1-2-3-11(13(18)19)16-12(17)6-8-4-9(14)7-10(15)5-8;1-4(10)5-2-9-6(7)3-8-5/h4-5,7,11H,2-3,6H2,1H3,(H,16,17)(H,18,19);2-4,10H,1H3,(H2,7,9). The molecule has 1 heterocycles. The third-order valence-corrected chi connectivity index (χ3v) is 3.62. The molecule has 0 aliphatic heterocycles. The summed E-state index contributed by atoms with van der Waals surface area (Å²) in [5.74, 6) is -2.88. The maximum Gasteiger partial charge on any atom is 0.326 e. The van der Waals surface area contributed by atoms with Crippen LogP contribution in [0, 0.1) is 11.6 Å². The van der Waals surface area contributed by atoms with Crippen molar-refractivity contribution < 1.29 is 28.6 Å². The Balaban J connectivity index is 0.000000352. The monoisotopic (exact) mass is 410 g/mol. The number of nitrogens with zero attached hydrogens (tertiary/aromatic N) is 2. The second kappa shape index (κ2) is 11.6. The second-order valence-electron chi connectivity index (χ2n) is 6.24. The Hall–Kier alpha value is -3.14. The van der Waals surface area contributed by atoms with E-state index in [1.165, 1.54) is 12.4 Å². The van der Waals surface area contributed by atoms with Crippen LogP contribution in [0.25, 0.3) is 0 Å². The summed E-state index contributed by atoms with van der Waals surface area (Å²) in [5.41, 5.74) is 5.97.